The molecule has 0 heterocycles. The monoisotopic (exact) mass is 294 g/mol. The Kier molecular flexibility index (Phi) is 4.63. The van der Waals surface area contributed by atoms with Gasteiger partial charge in [0.15, 0.2) is 0 Å². The average Bonchev–Trinajstić information content (AvgIpc) is 2.37. The zero-order valence-corrected chi connectivity index (χ0v) is 12.1. The molecule has 2 aromatic carbocycles. The van der Waals surface area contributed by atoms with Crippen LogP contribution in [0, 0.1) is 12.7 Å². The second-order valence-corrected chi connectivity index (χ2v) is 5.15. The molecule has 2 nitrogen and oxygen atoms in total. The molecule has 0 unspecified atom stereocenters. The van der Waals surface area contributed by atoms with Gasteiger partial charge in [0.05, 0.1) is 6.10 Å². The molecule has 0 bridgehead atoms. The van der Waals surface area contributed by atoms with Crippen molar-refractivity contribution in [2.75, 3.05) is 0 Å². The summed E-state index contributed by atoms with van der Waals surface area (Å²) < 4.78 is 18.9. The van der Waals surface area contributed by atoms with Crippen LogP contribution in [0.1, 0.15) is 29.7 Å². The lowest BCUT2D eigenvalue weighted by Gasteiger charge is -2.14. The van der Waals surface area contributed by atoms with Crippen molar-refractivity contribution in [1.82, 2.24) is 0 Å². The lowest BCUT2D eigenvalue weighted by Crippen LogP contribution is -2.02. The largest absolute Gasteiger partial charge is 0.488 e. The number of halogens is 2. The second-order valence-electron chi connectivity index (χ2n) is 4.74. The minimum absolute atomic E-state index is 0.224. The maximum absolute atomic E-state index is 13.3. The number of ether oxygens (including phenoxy) is 1. The van der Waals surface area contributed by atoms with Gasteiger partial charge in [-0.2, -0.15) is 0 Å². The highest BCUT2D eigenvalue weighted by Gasteiger charge is 2.11. The number of aliphatic hydroxyl groups excluding tert-OH is 1. The predicted octanol–water partition coefficient (Wildman–Crippen LogP) is 4.42. The molecule has 0 spiro atoms. The fraction of sp³-hybridized carbons (Fsp3) is 0.250. The summed E-state index contributed by atoms with van der Waals surface area (Å²) in [4.78, 5) is 0. The van der Waals surface area contributed by atoms with Gasteiger partial charge in [-0.05, 0) is 37.6 Å². The van der Waals surface area contributed by atoms with Gasteiger partial charge >= 0.3 is 0 Å². The smallest absolute Gasteiger partial charge is 0.128 e. The molecule has 0 amide bonds. The van der Waals surface area contributed by atoms with Crippen molar-refractivity contribution in [3.8, 4) is 5.75 Å². The molecule has 1 N–H and O–H groups in total. The van der Waals surface area contributed by atoms with Crippen molar-refractivity contribution in [3.63, 3.8) is 0 Å². The SMILES string of the molecule is Cc1ccc(COc2cc(F)ccc2[C@H](C)O)c(Cl)c1. The third-order valence-electron chi connectivity index (χ3n) is 3.02. The van der Waals surface area contributed by atoms with Crippen molar-refractivity contribution >= 4 is 11.6 Å². The number of hydrogen-bond donors (Lipinski definition) is 1. The van der Waals surface area contributed by atoms with E-state index in [0.717, 1.165) is 11.1 Å². The summed E-state index contributed by atoms with van der Waals surface area (Å²) in [5.41, 5.74) is 2.43. The number of benzene rings is 2. The molecule has 0 aromatic heterocycles. The molecular weight excluding hydrogens is 279 g/mol. The van der Waals surface area contributed by atoms with E-state index in [-0.39, 0.29) is 6.61 Å². The summed E-state index contributed by atoms with van der Waals surface area (Å²) in [6.45, 7) is 3.79. The third-order valence-corrected chi connectivity index (χ3v) is 3.37. The Hall–Kier alpha value is -1.58. The third kappa shape index (κ3) is 3.50. The molecular formula is C16H16ClFO2. The molecule has 0 aliphatic carbocycles. The molecule has 1 atom stereocenters. The van der Waals surface area contributed by atoms with Crippen LogP contribution in [0.3, 0.4) is 0 Å². The highest BCUT2D eigenvalue weighted by atomic mass is 35.5. The van der Waals surface area contributed by atoms with Crippen molar-refractivity contribution in [2.45, 2.75) is 26.6 Å². The first-order chi connectivity index (χ1) is 9.47. The number of hydrogen-bond acceptors (Lipinski definition) is 2. The Morgan fingerprint density at radius 2 is 2.00 bits per heavy atom. The molecule has 0 fully saturated rings. The standard InChI is InChI=1S/C16H16ClFO2/c1-10-3-4-12(15(17)7-10)9-20-16-8-13(18)5-6-14(16)11(2)19/h3-8,11,19H,9H2,1-2H3/t11-/m0/s1. The van der Waals surface area contributed by atoms with Gasteiger partial charge < -0.3 is 9.84 Å². The van der Waals surface area contributed by atoms with Crippen LogP contribution in [0.25, 0.3) is 0 Å². The van der Waals surface area contributed by atoms with Crippen LogP contribution in [0.2, 0.25) is 5.02 Å². The Bertz CT molecular complexity index is 611. The van der Waals surface area contributed by atoms with E-state index in [1.54, 1.807) is 6.92 Å². The van der Waals surface area contributed by atoms with E-state index in [0.29, 0.717) is 16.3 Å². The fourth-order valence-corrected chi connectivity index (χ4v) is 2.19. The normalized spacial score (nSPS) is 12.2. The van der Waals surface area contributed by atoms with Crippen LogP contribution in [0.15, 0.2) is 36.4 Å². The maximum Gasteiger partial charge on any atom is 0.128 e. The number of rotatable bonds is 4. The summed E-state index contributed by atoms with van der Waals surface area (Å²) in [5, 5.41) is 10.3. The summed E-state index contributed by atoms with van der Waals surface area (Å²) in [7, 11) is 0. The van der Waals surface area contributed by atoms with Crippen molar-refractivity contribution < 1.29 is 14.2 Å². The summed E-state index contributed by atoms with van der Waals surface area (Å²) in [6.07, 6.45) is -0.723. The maximum atomic E-state index is 13.3. The Labute approximate surface area is 122 Å². The summed E-state index contributed by atoms with van der Waals surface area (Å²) in [6, 6.07) is 9.75. The summed E-state index contributed by atoms with van der Waals surface area (Å²) >= 11 is 6.13. The first kappa shape index (κ1) is 14.8. The first-order valence-corrected chi connectivity index (χ1v) is 6.70. The highest BCUT2D eigenvalue weighted by molar-refractivity contribution is 6.31. The number of aliphatic hydroxyl groups is 1. The van der Waals surface area contributed by atoms with Crippen LogP contribution in [0.5, 0.6) is 5.75 Å². The van der Waals surface area contributed by atoms with Crippen LogP contribution >= 0.6 is 11.6 Å². The van der Waals surface area contributed by atoms with Gasteiger partial charge in [-0.25, -0.2) is 4.39 Å². The molecule has 0 saturated heterocycles. The first-order valence-electron chi connectivity index (χ1n) is 6.32. The lowest BCUT2D eigenvalue weighted by molar-refractivity contribution is 0.190. The Balaban J connectivity index is 2.20. The van der Waals surface area contributed by atoms with Gasteiger partial charge in [-0.3, -0.25) is 0 Å². The molecule has 2 rings (SSSR count). The van der Waals surface area contributed by atoms with Crippen molar-refractivity contribution in [2.24, 2.45) is 0 Å². The molecule has 0 aliphatic heterocycles. The number of aryl methyl sites for hydroxylation is 1. The van der Waals surface area contributed by atoms with Gasteiger partial charge in [0.2, 0.25) is 0 Å². The molecule has 4 heteroatoms. The van der Waals surface area contributed by atoms with Gasteiger partial charge in [0.25, 0.3) is 0 Å². The summed E-state index contributed by atoms with van der Waals surface area (Å²) in [5.74, 6) is -0.0731. The average molecular weight is 295 g/mol. The topological polar surface area (TPSA) is 29.5 Å². The van der Waals surface area contributed by atoms with E-state index < -0.39 is 11.9 Å². The van der Waals surface area contributed by atoms with Gasteiger partial charge in [-0.1, -0.05) is 23.7 Å². The Morgan fingerprint density at radius 1 is 1.25 bits per heavy atom. The van der Waals surface area contributed by atoms with Crippen molar-refractivity contribution in [1.29, 1.82) is 0 Å². The highest BCUT2D eigenvalue weighted by Crippen LogP contribution is 2.28. The zero-order chi connectivity index (χ0) is 14.7. The lowest BCUT2D eigenvalue weighted by atomic mass is 10.1. The Morgan fingerprint density at radius 3 is 2.65 bits per heavy atom. The molecule has 0 aliphatic rings. The fourth-order valence-electron chi connectivity index (χ4n) is 1.90. The van der Waals surface area contributed by atoms with E-state index in [2.05, 4.69) is 0 Å². The molecule has 106 valence electrons. The molecule has 0 saturated carbocycles. The quantitative estimate of drug-likeness (QED) is 0.904. The second kappa shape index (κ2) is 6.25. The minimum atomic E-state index is -0.723. The van der Waals surface area contributed by atoms with E-state index >= 15 is 0 Å². The van der Waals surface area contributed by atoms with Gasteiger partial charge in [0.1, 0.15) is 18.2 Å². The molecule has 20 heavy (non-hydrogen) atoms. The van der Waals surface area contributed by atoms with Crippen molar-refractivity contribution in [3.05, 3.63) is 63.9 Å². The molecule has 0 radical (unpaired) electrons. The van der Waals surface area contributed by atoms with Crippen LogP contribution in [-0.2, 0) is 6.61 Å². The van der Waals surface area contributed by atoms with Crippen LogP contribution < -0.4 is 4.74 Å². The van der Waals surface area contributed by atoms with E-state index in [9.17, 15) is 9.50 Å². The van der Waals surface area contributed by atoms with Gasteiger partial charge in [-0.15, -0.1) is 0 Å². The van der Waals surface area contributed by atoms with E-state index in [1.165, 1.54) is 18.2 Å². The van der Waals surface area contributed by atoms with Crippen LogP contribution in [-0.4, -0.2) is 5.11 Å². The van der Waals surface area contributed by atoms with E-state index in [4.69, 9.17) is 16.3 Å². The van der Waals surface area contributed by atoms with Crippen LogP contribution in [0.4, 0.5) is 4.39 Å². The minimum Gasteiger partial charge on any atom is -0.488 e. The zero-order valence-electron chi connectivity index (χ0n) is 11.4. The predicted molar refractivity (Wildman–Crippen MR) is 77.6 cm³/mol. The van der Waals surface area contributed by atoms with E-state index in [1.807, 2.05) is 25.1 Å². The van der Waals surface area contributed by atoms with Gasteiger partial charge in [0, 0.05) is 22.2 Å². The molecule has 2 aromatic rings.